The van der Waals surface area contributed by atoms with Gasteiger partial charge in [0.05, 0.1) is 0 Å². The summed E-state index contributed by atoms with van der Waals surface area (Å²) in [7, 11) is -1.83. The topological polar surface area (TPSA) is 0 Å². The molecule has 0 radical (unpaired) electrons. The fraction of sp³-hybridized carbons (Fsp3) is 0.0625. The van der Waals surface area contributed by atoms with Crippen LogP contribution in [-0.2, 0) is 0 Å². The van der Waals surface area contributed by atoms with Crippen molar-refractivity contribution in [1.82, 2.24) is 0 Å². The summed E-state index contributed by atoms with van der Waals surface area (Å²) < 4.78 is 0. The van der Waals surface area contributed by atoms with Crippen molar-refractivity contribution in [2.75, 3.05) is 0 Å². The monoisotopic (exact) mass is 468 g/mol. The van der Waals surface area contributed by atoms with Crippen molar-refractivity contribution in [3.05, 3.63) is 109 Å². The van der Waals surface area contributed by atoms with Crippen LogP contribution in [0.5, 0.6) is 0 Å². The minimum absolute atomic E-state index is 1.31. The first-order chi connectivity index (χ1) is 16.6. The van der Waals surface area contributed by atoms with Crippen LogP contribution in [0, 0.1) is 0 Å². The van der Waals surface area contributed by atoms with E-state index >= 15 is 0 Å². The minimum atomic E-state index is -1.83. The fourth-order valence-corrected chi connectivity index (χ4v) is 11.2. The third-order valence-electron chi connectivity index (χ3n) is 7.52. The number of hydrogen-bond acceptors (Lipinski definition) is 1. The third-order valence-corrected chi connectivity index (χ3v) is 12.6. The smallest absolute Gasteiger partial charge is 0.0903 e. The van der Waals surface area contributed by atoms with Gasteiger partial charge in [-0.3, -0.25) is 0 Å². The van der Waals surface area contributed by atoms with Gasteiger partial charge in [-0.1, -0.05) is 122 Å². The molecule has 162 valence electrons. The summed E-state index contributed by atoms with van der Waals surface area (Å²) in [5, 5.41) is 3.11. The Morgan fingerprint density at radius 1 is 0.412 bits per heavy atom. The van der Waals surface area contributed by atoms with Crippen molar-refractivity contribution in [2.24, 2.45) is 0 Å². The van der Waals surface area contributed by atoms with E-state index in [2.05, 4.69) is 122 Å². The van der Waals surface area contributed by atoms with E-state index in [9.17, 15) is 0 Å². The number of hydrogen-bond donors (Lipinski definition) is 0. The van der Waals surface area contributed by atoms with E-state index in [-0.39, 0.29) is 0 Å². The van der Waals surface area contributed by atoms with Gasteiger partial charge in [-0.2, -0.15) is 0 Å². The van der Waals surface area contributed by atoms with Crippen LogP contribution in [0.3, 0.4) is 0 Å². The Morgan fingerprint density at radius 3 is 1.35 bits per heavy atom. The van der Waals surface area contributed by atoms with Crippen molar-refractivity contribution in [2.45, 2.75) is 22.9 Å². The molecule has 0 bridgehead atoms. The molecule has 0 atom stereocenters. The average molecular weight is 469 g/mol. The molecule has 34 heavy (non-hydrogen) atoms. The maximum Gasteiger partial charge on any atom is 0.115 e. The lowest BCUT2D eigenvalue weighted by molar-refractivity contribution is 1.40. The van der Waals surface area contributed by atoms with Crippen molar-refractivity contribution in [3.8, 4) is 44.5 Å². The zero-order valence-corrected chi connectivity index (χ0v) is 21.1. The maximum atomic E-state index is 2.55. The van der Waals surface area contributed by atoms with Gasteiger partial charge in [-0.25, -0.2) is 0 Å². The van der Waals surface area contributed by atoms with Gasteiger partial charge in [-0.15, -0.1) is 0 Å². The van der Waals surface area contributed by atoms with E-state index in [1.165, 1.54) is 54.3 Å². The van der Waals surface area contributed by atoms with Crippen molar-refractivity contribution >= 4 is 30.2 Å². The molecule has 0 saturated heterocycles. The lowest BCUT2D eigenvalue weighted by atomic mass is 9.81. The van der Waals surface area contributed by atoms with E-state index in [0.29, 0.717) is 0 Å². The molecule has 2 aliphatic rings. The van der Waals surface area contributed by atoms with Gasteiger partial charge in [0.25, 0.3) is 0 Å². The molecule has 0 N–H and O–H groups in total. The lowest BCUT2D eigenvalue weighted by Gasteiger charge is -2.34. The van der Waals surface area contributed by atoms with E-state index < -0.39 is 8.07 Å². The zero-order chi connectivity index (χ0) is 22.9. The van der Waals surface area contributed by atoms with Crippen LogP contribution >= 0.6 is 11.8 Å². The van der Waals surface area contributed by atoms with E-state index in [1.807, 2.05) is 11.8 Å². The first-order valence-corrected chi connectivity index (χ1v) is 15.7. The third kappa shape index (κ3) is 2.79. The van der Waals surface area contributed by atoms with Crippen molar-refractivity contribution in [1.29, 1.82) is 0 Å². The van der Waals surface area contributed by atoms with Gasteiger partial charge in [0.1, 0.15) is 8.07 Å². The molecule has 0 fully saturated rings. The minimum Gasteiger partial charge on any atom is -0.0903 e. The highest BCUT2D eigenvalue weighted by molar-refractivity contribution is 8.00. The molecule has 0 amide bonds. The maximum absolute atomic E-state index is 2.55. The standard InChI is InChI=1S/C32H24SSi/c1-34(2)31-18-10-9-17-29(31)33-30-19-27-25-15-7-5-13-23(25)21-11-3-4-12-22(21)24-14-6-8-16-26(24)28(27)20-32(30)34/h3-20H,1-2H3. The van der Waals surface area contributed by atoms with Crippen molar-refractivity contribution in [3.63, 3.8) is 0 Å². The second kappa shape index (κ2) is 7.33. The molecule has 0 unspecified atom stereocenters. The molecule has 0 nitrogen and oxygen atoms in total. The average Bonchev–Trinajstić information content (AvgIpc) is 2.87. The Bertz CT molecular complexity index is 1610. The van der Waals surface area contributed by atoms with Gasteiger partial charge in [-0.05, 0) is 67.0 Å². The zero-order valence-electron chi connectivity index (χ0n) is 19.3. The largest absolute Gasteiger partial charge is 0.115 e. The van der Waals surface area contributed by atoms with Gasteiger partial charge in [0, 0.05) is 9.79 Å². The van der Waals surface area contributed by atoms with Crippen LogP contribution < -0.4 is 10.4 Å². The van der Waals surface area contributed by atoms with Gasteiger partial charge in [0.15, 0.2) is 0 Å². The Kier molecular flexibility index (Phi) is 4.33. The van der Waals surface area contributed by atoms with Gasteiger partial charge >= 0.3 is 0 Å². The molecule has 1 heterocycles. The van der Waals surface area contributed by atoms with E-state index in [1.54, 1.807) is 10.4 Å². The predicted octanol–water partition coefficient (Wildman–Crippen LogP) is 7.96. The van der Waals surface area contributed by atoms with Gasteiger partial charge in [0.2, 0.25) is 0 Å². The normalized spacial score (nSPS) is 14.3. The molecular weight excluding hydrogens is 445 g/mol. The molecule has 0 saturated carbocycles. The summed E-state index contributed by atoms with van der Waals surface area (Å²) in [6.45, 7) is 5.02. The first-order valence-electron chi connectivity index (χ1n) is 11.9. The highest BCUT2D eigenvalue weighted by atomic mass is 32.2. The summed E-state index contributed by atoms with van der Waals surface area (Å²) in [6, 6.07) is 40.8. The second-order valence-electron chi connectivity index (χ2n) is 9.75. The Hall–Kier alpha value is -3.33. The van der Waals surface area contributed by atoms with Crippen LogP contribution in [-0.4, -0.2) is 8.07 Å². The highest BCUT2D eigenvalue weighted by Crippen LogP contribution is 2.49. The first kappa shape index (κ1) is 20.1. The molecule has 1 aliphatic carbocycles. The SMILES string of the molecule is C[Si]1(C)c2ccccc2Sc2cc3c(cc21)-c1ccccc1-c1ccccc1-c1ccccc1-3. The van der Waals surface area contributed by atoms with Crippen LogP contribution in [0.15, 0.2) is 119 Å². The molecule has 0 spiro atoms. The molecule has 1 aliphatic heterocycles. The molecule has 2 heteroatoms. The van der Waals surface area contributed by atoms with Crippen LogP contribution in [0.25, 0.3) is 44.5 Å². The Morgan fingerprint density at radius 2 is 0.824 bits per heavy atom. The Labute approximate surface area is 206 Å². The van der Waals surface area contributed by atoms with E-state index in [0.717, 1.165) is 0 Å². The number of rotatable bonds is 0. The molecule has 7 rings (SSSR count). The van der Waals surface area contributed by atoms with Crippen LogP contribution in [0.2, 0.25) is 13.1 Å². The summed E-state index contributed by atoms with van der Waals surface area (Å²) in [4.78, 5) is 2.85. The number of benzene rings is 5. The summed E-state index contributed by atoms with van der Waals surface area (Å²) >= 11 is 1.95. The summed E-state index contributed by atoms with van der Waals surface area (Å²) in [5.41, 5.74) is 10.6. The van der Waals surface area contributed by atoms with Crippen molar-refractivity contribution < 1.29 is 0 Å². The molecular formula is C32H24SSi. The lowest BCUT2D eigenvalue weighted by Crippen LogP contribution is -2.56. The second-order valence-corrected chi connectivity index (χ2v) is 15.2. The molecule has 5 aromatic rings. The highest BCUT2D eigenvalue weighted by Gasteiger charge is 2.36. The van der Waals surface area contributed by atoms with E-state index in [4.69, 9.17) is 0 Å². The number of fused-ring (bicyclic) bond motifs is 10. The predicted molar refractivity (Wildman–Crippen MR) is 149 cm³/mol. The summed E-state index contributed by atoms with van der Waals surface area (Å²) in [5.74, 6) is 0. The van der Waals surface area contributed by atoms with Crippen LogP contribution in [0.1, 0.15) is 0 Å². The summed E-state index contributed by atoms with van der Waals surface area (Å²) in [6.07, 6.45) is 0. The molecule has 5 aromatic carbocycles. The molecule has 0 aromatic heterocycles. The van der Waals surface area contributed by atoms with Gasteiger partial charge < -0.3 is 0 Å². The van der Waals surface area contributed by atoms with Crippen LogP contribution in [0.4, 0.5) is 0 Å². The fourth-order valence-electron chi connectivity index (χ4n) is 5.79. The Balaban J connectivity index is 1.61. The quantitative estimate of drug-likeness (QED) is 0.204.